The molecule has 2 heteroatoms. The van der Waals surface area contributed by atoms with Gasteiger partial charge in [0.1, 0.15) is 0 Å². The van der Waals surface area contributed by atoms with Gasteiger partial charge in [0.2, 0.25) is 0 Å². The predicted molar refractivity (Wildman–Crippen MR) is 57.9 cm³/mol. The van der Waals surface area contributed by atoms with Crippen LogP contribution in [0.1, 0.15) is 12.5 Å². The average Bonchev–Trinajstić information content (AvgIpc) is 2.06. The van der Waals surface area contributed by atoms with Crippen LogP contribution in [0.25, 0.3) is 0 Å². The van der Waals surface area contributed by atoms with E-state index >= 15 is 0 Å². The summed E-state index contributed by atoms with van der Waals surface area (Å²) in [5, 5.41) is 0. The van der Waals surface area contributed by atoms with Gasteiger partial charge in [-0.15, -0.1) is 11.6 Å². The number of hydrogen-bond donors (Lipinski definition) is 0. The Morgan fingerprint density at radius 1 is 1.33 bits per heavy atom. The second kappa shape index (κ2) is 4.88. The number of alkyl halides is 2. The van der Waals surface area contributed by atoms with Crippen molar-refractivity contribution in [3.05, 3.63) is 35.9 Å². The van der Waals surface area contributed by atoms with Crippen LogP contribution >= 0.6 is 27.5 Å². The Kier molecular flexibility index (Phi) is 4.10. The fourth-order valence-electron chi connectivity index (χ4n) is 1.07. The molecular weight excluding hydrogens is 235 g/mol. The maximum Gasteiger partial charge on any atom is 0.0914 e. The van der Waals surface area contributed by atoms with Crippen LogP contribution in [0.2, 0.25) is 0 Å². The topological polar surface area (TPSA) is 0 Å². The van der Waals surface area contributed by atoms with Crippen molar-refractivity contribution in [3.63, 3.8) is 0 Å². The summed E-state index contributed by atoms with van der Waals surface area (Å²) in [6.45, 7) is 2.14. The summed E-state index contributed by atoms with van der Waals surface area (Å²) in [6.07, 6.45) is 1.03. The normalized spacial score (nSPS) is 15.6. The molecule has 1 aromatic rings. The van der Waals surface area contributed by atoms with Crippen molar-refractivity contribution >= 4 is 27.5 Å². The highest BCUT2D eigenvalue weighted by molar-refractivity contribution is 9.10. The number of hydrogen-bond acceptors (Lipinski definition) is 0. The van der Waals surface area contributed by atoms with E-state index in [0.29, 0.717) is 5.92 Å². The molecule has 0 heterocycles. The second-order valence-corrected chi connectivity index (χ2v) is 4.99. The zero-order valence-electron chi connectivity index (χ0n) is 7.00. The Labute approximate surface area is 87.1 Å². The molecule has 0 aliphatic rings. The van der Waals surface area contributed by atoms with Gasteiger partial charge in [0.05, 0.1) is 4.29 Å². The van der Waals surface area contributed by atoms with Gasteiger partial charge in [0, 0.05) is 0 Å². The third-order valence-corrected chi connectivity index (χ3v) is 3.16. The minimum absolute atomic E-state index is 0.0673. The Hall–Kier alpha value is -0.0100. The van der Waals surface area contributed by atoms with Crippen LogP contribution < -0.4 is 0 Å². The first-order chi connectivity index (χ1) is 5.70. The standard InChI is InChI=1S/C10H12BrCl/c1-8(10(11)12)7-9-5-3-2-4-6-9/h2-6,8,10H,7H2,1H3. The van der Waals surface area contributed by atoms with Crippen LogP contribution in [-0.2, 0) is 6.42 Å². The molecule has 0 nitrogen and oxygen atoms in total. The number of rotatable bonds is 3. The van der Waals surface area contributed by atoms with Crippen LogP contribution in [0.3, 0.4) is 0 Å². The van der Waals surface area contributed by atoms with Crippen LogP contribution in [0.15, 0.2) is 30.3 Å². The summed E-state index contributed by atoms with van der Waals surface area (Å²) < 4.78 is 0.0673. The summed E-state index contributed by atoms with van der Waals surface area (Å²) in [4.78, 5) is 0. The van der Waals surface area contributed by atoms with E-state index in [0.717, 1.165) is 6.42 Å². The molecule has 12 heavy (non-hydrogen) atoms. The van der Waals surface area contributed by atoms with Crippen LogP contribution in [0.5, 0.6) is 0 Å². The lowest BCUT2D eigenvalue weighted by molar-refractivity contribution is 0.636. The Balaban J connectivity index is 2.53. The van der Waals surface area contributed by atoms with Crippen molar-refractivity contribution in [1.82, 2.24) is 0 Å². The summed E-state index contributed by atoms with van der Waals surface area (Å²) in [7, 11) is 0. The average molecular weight is 248 g/mol. The van der Waals surface area contributed by atoms with Gasteiger partial charge in [-0.3, -0.25) is 0 Å². The molecule has 0 saturated carbocycles. The summed E-state index contributed by atoms with van der Waals surface area (Å²) in [5.41, 5.74) is 1.34. The predicted octanol–water partition coefficient (Wildman–Crippen LogP) is 3.83. The minimum Gasteiger partial charge on any atom is -0.110 e. The van der Waals surface area contributed by atoms with Crippen molar-refractivity contribution < 1.29 is 0 Å². The van der Waals surface area contributed by atoms with Crippen molar-refractivity contribution in [1.29, 1.82) is 0 Å². The quantitative estimate of drug-likeness (QED) is 0.712. The molecule has 0 N–H and O–H groups in total. The molecule has 0 aromatic heterocycles. The van der Waals surface area contributed by atoms with Gasteiger partial charge in [-0.2, -0.15) is 0 Å². The molecule has 0 fully saturated rings. The molecule has 0 radical (unpaired) electrons. The molecule has 2 unspecified atom stereocenters. The van der Waals surface area contributed by atoms with Crippen molar-refractivity contribution in [2.45, 2.75) is 17.6 Å². The molecule has 0 saturated heterocycles. The van der Waals surface area contributed by atoms with E-state index in [1.54, 1.807) is 0 Å². The first-order valence-electron chi connectivity index (χ1n) is 4.02. The third kappa shape index (κ3) is 3.16. The fraction of sp³-hybridized carbons (Fsp3) is 0.400. The van der Waals surface area contributed by atoms with E-state index in [4.69, 9.17) is 11.6 Å². The smallest absolute Gasteiger partial charge is 0.0914 e. The minimum atomic E-state index is 0.0673. The van der Waals surface area contributed by atoms with E-state index in [-0.39, 0.29) is 4.29 Å². The largest absolute Gasteiger partial charge is 0.110 e. The van der Waals surface area contributed by atoms with Gasteiger partial charge >= 0.3 is 0 Å². The molecule has 0 aliphatic heterocycles. The SMILES string of the molecule is CC(Cc1ccccc1)C(Cl)Br. The lowest BCUT2D eigenvalue weighted by Crippen LogP contribution is -2.07. The van der Waals surface area contributed by atoms with Gasteiger partial charge in [0.25, 0.3) is 0 Å². The molecule has 1 rings (SSSR count). The molecule has 0 bridgehead atoms. The highest BCUT2D eigenvalue weighted by Gasteiger charge is 2.10. The van der Waals surface area contributed by atoms with Crippen LogP contribution in [0.4, 0.5) is 0 Å². The maximum absolute atomic E-state index is 5.89. The Morgan fingerprint density at radius 2 is 1.92 bits per heavy atom. The summed E-state index contributed by atoms with van der Waals surface area (Å²) in [5.74, 6) is 0.467. The van der Waals surface area contributed by atoms with E-state index in [9.17, 15) is 0 Å². The van der Waals surface area contributed by atoms with Crippen LogP contribution in [-0.4, -0.2) is 4.29 Å². The van der Waals surface area contributed by atoms with Crippen molar-refractivity contribution in [2.75, 3.05) is 0 Å². The summed E-state index contributed by atoms with van der Waals surface area (Å²) >= 11 is 9.26. The zero-order valence-corrected chi connectivity index (χ0v) is 9.35. The van der Waals surface area contributed by atoms with E-state index in [1.165, 1.54) is 5.56 Å². The lowest BCUT2D eigenvalue weighted by Gasteiger charge is -2.11. The molecule has 0 amide bonds. The zero-order chi connectivity index (χ0) is 8.97. The van der Waals surface area contributed by atoms with Crippen LogP contribution in [0, 0.1) is 5.92 Å². The van der Waals surface area contributed by atoms with Gasteiger partial charge in [-0.05, 0) is 17.9 Å². The van der Waals surface area contributed by atoms with E-state index in [1.807, 2.05) is 6.07 Å². The number of benzene rings is 1. The van der Waals surface area contributed by atoms with Gasteiger partial charge in [-0.1, -0.05) is 53.2 Å². The molecule has 1 aromatic carbocycles. The fourth-order valence-corrected chi connectivity index (χ4v) is 1.35. The number of halogens is 2. The molecule has 66 valence electrons. The van der Waals surface area contributed by atoms with Gasteiger partial charge in [0.15, 0.2) is 0 Å². The van der Waals surface area contributed by atoms with Crippen molar-refractivity contribution in [2.24, 2.45) is 5.92 Å². The van der Waals surface area contributed by atoms with E-state index < -0.39 is 0 Å². The second-order valence-electron chi connectivity index (χ2n) is 3.00. The Bertz CT molecular complexity index is 221. The molecule has 0 aliphatic carbocycles. The van der Waals surface area contributed by atoms with Crippen molar-refractivity contribution in [3.8, 4) is 0 Å². The highest BCUT2D eigenvalue weighted by atomic mass is 79.9. The molecule has 0 spiro atoms. The monoisotopic (exact) mass is 246 g/mol. The molecule has 2 atom stereocenters. The first kappa shape index (κ1) is 10.1. The Morgan fingerprint density at radius 3 is 2.42 bits per heavy atom. The maximum atomic E-state index is 5.89. The summed E-state index contributed by atoms with van der Waals surface area (Å²) in [6, 6.07) is 10.4. The van der Waals surface area contributed by atoms with Gasteiger partial charge < -0.3 is 0 Å². The third-order valence-electron chi connectivity index (χ3n) is 1.83. The van der Waals surface area contributed by atoms with Gasteiger partial charge in [-0.25, -0.2) is 0 Å². The lowest BCUT2D eigenvalue weighted by atomic mass is 10.0. The van der Waals surface area contributed by atoms with E-state index in [2.05, 4.69) is 47.1 Å². The first-order valence-corrected chi connectivity index (χ1v) is 5.37. The highest BCUT2D eigenvalue weighted by Crippen LogP contribution is 2.20. The molecular formula is C10H12BrCl.